The molecule has 0 bridgehead atoms. The Balaban J connectivity index is 2.08. The molecule has 1 aromatic carbocycles. The Morgan fingerprint density at radius 2 is 2.13 bits per heavy atom. The minimum atomic E-state index is -1.22. The molecule has 30 heavy (non-hydrogen) atoms. The van der Waals surface area contributed by atoms with E-state index in [1.165, 1.54) is 16.2 Å². The van der Waals surface area contributed by atoms with Crippen LogP contribution in [0.15, 0.2) is 23.3 Å². The molecule has 8 nitrogen and oxygen atoms in total. The molecular formula is C20H30ClFN6O2. The van der Waals surface area contributed by atoms with Gasteiger partial charge in [0.2, 0.25) is 11.8 Å². The molecule has 0 saturated carbocycles. The first-order valence-electron chi connectivity index (χ1n) is 9.79. The Hall–Kier alpha value is -2.39. The number of rotatable bonds is 7. The third kappa shape index (κ3) is 6.56. The highest BCUT2D eigenvalue weighted by Gasteiger charge is 2.39. The topological polar surface area (TPSA) is 117 Å². The monoisotopic (exact) mass is 440 g/mol. The summed E-state index contributed by atoms with van der Waals surface area (Å²) in [6.07, 6.45) is 0.919. The van der Waals surface area contributed by atoms with Crippen molar-refractivity contribution in [1.82, 2.24) is 10.2 Å². The third-order valence-electron chi connectivity index (χ3n) is 4.93. The number of hydrazine groups is 1. The first-order chi connectivity index (χ1) is 14.0. The van der Waals surface area contributed by atoms with Crippen LogP contribution in [0.5, 0.6) is 0 Å². The van der Waals surface area contributed by atoms with Crippen molar-refractivity contribution < 1.29 is 14.0 Å². The first-order valence-corrected chi connectivity index (χ1v) is 10.2. The van der Waals surface area contributed by atoms with Gasteiger partial charge in [-0.15, -0.1) is 0 Å². The predicted octanol–water partition coefficient (Wildman–Crippen LogP) is 2.30. The number of halogens is 2. The molecule has 1 saturated heterocycles. The van der Waals surface area contributed by atoms with Crippen LogP contribution in [0.25, 0.3) is 0 Å². The maximum atomic E-state index is 14.0. The minimum absolute atomic E-state index is 0.0155. The molecule has 2 atom stereocenters. The lowest BCUT2D eigenvalue weighted by Gasteiger charge is -2.26. The van der Waals surface area contributed by atoms with E-state index in [0.29, 0.717) is 22.7 Å². The van der Waals surface area contributed by atoms with Crippen LogP contribution in [0.2, 0.25) is 5.02 Å². The van der Waals surface area contributed by atoms with Gasteiger partial charge in [0, 0.05) is 24.4 Å². The summed E-state index contributed by atoms with van der Waals surface area (Å²) in [4.78, 5) is 26.7. The van der Waals surface area contributed by atoms with E-state index < -0.39 is 18.1 Å². The van der Waals surface area contributed by atoms with E-state index in [2.05, 4.69) is 10.4 Å². The lowest BCUT2D eigenvalue weighted by Crippen LogP contribution is -2.46. The number of hydrogen-bond acceptors (Lipinski definition) is 5. The Morgan fingerprint density at radius 3 is 2.77 bits per heavy atom. The molecule has 10 heteroatoms. The molecule has 0 radical (unpaired) electrons. The molecule has 1 aliphatic heterocycles. The first kappa shape index (κ1) is 23.9. The molecule has 166 valence electrons. The van der Waals surface area contributed by atoms with Crippen molar-refractivity contribution in [1.29, 1.82) is 0 Å². The Morgan fingerprint density at radius 1 is 1.43 bits per heavy atom. The fourth-order valence-electron chi connectivity index (χ4n) is 3.32. The van der Waals surface area contributed by atoms with Gasteiger partial charge in [-0.3, -0.25) is 14.6 Å². The molecule has 1 heterocycles. The third-order valence-corrected chi connectivity index (χ3v) is 5.16. The van der Waals surface area contributed by atoms with E-state index in [9.17, 15) is 14.0 Å². The molecule has 0 aliphatic carbocycles. The molecule has 5 N–H and O–H groups in total. The van der Waals surface area contributed by atoms with Gasteiger partial charge in [0.15, 0.2) is 0 Å². The number of amides is 2. The lowest BCUT2D eigenvalue weighted by molar-refractivity contribution is -0.138. The normalized spacial score (nSPS) is 19.3. The zero-order chi connectivity index (χ0) is 22.5. The Bertz CT molecular complexity index is 798. The number of hydrogen-bond donors (Lipinski definition) is 3. The van der Waals surface area contributed by atoms with E-state index in [1.54, 1.807) is 18.2 Å². The van der Waals surface area contributed by atoms with Gasteiger partial charge in [-0.1, -0.05) is 32.4 Å². The number of carbonyl (C=O) groups excluding carboxylic acids is 2. The fourth-order valence-corrected chi connectivity index (χ4v) is 3.51. The van der Waals surface area contributed by atoms with Crippen molar-refractivity contribution in [2.24, 2.45) is 22.2 Å². The van der Waals surface area contributed by atoms with Crippen LogP contribution in [0.4, 0.5) is 10.1 Å². The zero-order valence-electron chi connectivity index (χ0n) is 17.6. The maximum absolute atomic E-state index is 14.0. The average molecular weight is 441 g/mol. The number of nitrogens with two attached hydrogens (primary N) is 2. The molecular weight excluding hydrogens is 411 g/mol. The van der Waals surface area contributed by atoms with E-state index in [0.717, 1.165) is 0 Å². The zero-order valence-corrected chi connectivity index (χ0v) is 18.3. The van der Waals surface area contributed by atoms with Crippen molar-refractivity contribution in [2.45, 2.75) is 58.8 Å². The van der Waals surface area contributed by atoms with Crippen molar-refractivity contribution >= 4 is 35.4 Å². The van der Waals surface area contributed by atoms with Crippen LogP contribution in [0.1, 0.15) is 45.6 Å². The molecule has 2 unspecified atom stereocenters. The van der Waals surface area contributed by atoms with Gasteiger partial charge in [-0.05, 0) is 35.6 Å². The Labute approximate surface area is 181 Å². The van der Waals surface area contributed by atoms with Crippen LogP contribution in [0, 0.1) is 5.41 Å². The maximum Gasteiger partial charge on any atom is 0.243 e. The highest BCUT2D eigenvalue weighted by Crippen LogP contribution is 2.26. The number of nitrogens with one attached hydrogen (secondary N) is 1. The number of benzene rings is 1. The molecule has 0 aromatic heterocycles. The summed E-state index contributed by atoms with van der Waals surface area (Å²) in [5.74, 6) is 10.4. The molecule has 0 spiro atoms. The summed E-state index contributed by atoms with van der Waals surface area (Å²) in [6.45, 7) is 6.13. The van der Waals surface area contributed by atoms with Gasteiger partial charge in [0.05, 0.1) is 12.2 Å². The van der Waals surface area contributed by atoms with Gasteiger partial charge in [-0.25, -0.2) is 10.2 Å². The van der Waals surface area contributed by atoms with Crippen LogP contribution in [-0.4, -0.2) is 41.8 Å². The summed E-state index contributed by atoms with van der Waals surface area (Å²) >= 11 is 6.06. The number of alkyl halides is 1. The van der Waals surface area contributed by atoms with Crippen LogP contribution >= 0.6 is 11.6 Å². The molecule has 1 aliphatic rings. The fraction of sp³-hybridized carbons (Fsp3) is 0.550. The molecule has 2 amide bonds. The van der Waals surface area contributed by atoms with Gasteiger partial charge in [0.1, 0.15) is 18.6 Å². The van der Waals surface area contributed by atoms with E-state index in [-0.39, 0.29) is 37.3 Å². The molecule has 1 aromatic rings. The lowest BCUT2D eigenvalue weighted by atomic mass is 9.90. The summed E-state index contributed by atoms with van der Waals surface area (Å²) in [5.41, 5.74) is 1.15. The SMILES string of the molecule is CC(C)(C)CCC(=O)N1CC(F)CC1C(=O)NCc1cc(Cl)ccc1N(N)/C=N\N. The molecule has 1 fully saturated rings. The van der Waals surface area contributed by atoms with E-state index in [4.69, 9.17) is 23.3 Å². The summed E-state index contributed by atoms with van der Waals surface area (Å²) in [5, 5.41) is 7.81. The quantitative estimate of drug-likeness (QED) is 0.260. The summed E-state index contributed by atoms with van der Waals surface area (Å²) in [6, 6.07) is 4.13. The number of hydrazone groups is 1. The second-order valence-corrected chi connectivity index (χ2v) is 9.05. The molecule has 2 rings (SSSR count). The average Bonchev–Trinajstić information content (AvgIpc) is 3.05. The second-order valence-electron chi connectivity index (χ2n) is 8.62. The number of nitrogens with zero attached hydrogens (tertiary/aromatic N) is 3. The summed E-state index contributed by atoms with van der Waals surface area (Å²) in [7, 11) is 0. The summed E-state index contributed by atoms with van der Waals surface area (Å²) < 4.78 is 14.0. The standard InChI is InChI=1S/C20H30ClFN6O2/c1-20(2,3)7-6-18(29)27-11-15(22)9-17(27)19(30)25-10-13-8-14(21)4-5-16(13)28(24)12-26-23/h4-5,8,12,15,17H,6-7,9-11,23-24H2,1-3H3,(H,25,30)/b26-12-. The van der Waals surface area contributed by atoms with E-state index in [1.807, 2.05) is 20.8 Å². The number of anilines is 1. The smallest absolute Gasteiger partial charge is 0.243 e. The number of likely N-dealkylation sites (tertiary alicyclic amines) is 1. The minimum Gasteiger partial charge on any atom is -0.350 e. The highest BCUT2D eigenvalue weighted by atomic mass is 35.5. The Kier molecular flexibility index (Phi) is 8.03. The van der Waals surface area contributed by atoms with Crippen LogP contribution < -0.4 is 22.0 Å². The largest absolute Gasteiger partial charge is 0.350 e. The predicted molar refractivity (Wildman–Crippen MR) is 116 cm³/mol. The van der Waals surface area contributed by atoms with Gasteiger partial charge in [0.25, 0.3) is 0 Å². The van der Waals surface area contributed by atoms with Gasteiger partial charge >= 0.3 is 0 Å². The van der Waals surface area contributed by atoms with Gasteiger partial charge in [-0.2, -0.15) is 5.10 Å². The van der Waals surface area contributed by atoms with Crippen molar-refractivity contribution in [2.75, 3.05) is 11.6 Å². The second kappa shape index (κ2) is 10.1. The van der Waals surface area contributed by atoms with E-state index >= 15 is 0 Å². The van der Waals surface area contributed by atoms with Gasteiger partial charge < -0.3 is 16.1 Å². The van der Waals surface area contributed by atoms with Crippen molar-refractivity contribution in [3.8, 4) is 0 Å². The number of carbonyl (C=O) groups is 2. The van der Waals surface area contributed by atoms with Crippen molar-refractivity contribution in [3.63, 3.8) is 0 Å². The van der Waals surface area contributed by atoms with Crippen LogP contribution in [0.3, 0.4) is 0 Å². The van der Waals surface area contributed by atoms with Crippen molar-refractivity contribution in [3.05, 3.63) is 28.8 Å². The van der Waals surface area contributed by atoms with Crippen LogP contribution in [-0.2, 0) is 16.1 Å². The highest BCUT2D eigenvalue weighted by molar-refractivity contribution is 6.30.